The van der Waals surface area contributed by atoms with Gasteiger partial charge < -0.3 is 10.2 Å². The third-order valence-electron chi connectivity index (χ3n) is 6.08. The molecule has 1 aliphatic rings. The number of sulfone groups is 1. The molecule has 4 heterocycles. The predicted octanol–water partition coefficient (Wildman–Crippen LogP) is 2.70. The molecule has 1 fully saturated rings. The Labute approximate surface area is 201 Å². The van der Waals surface area contributed by atoms with E-state index in [2.05, 4.69) is 47.4 Å². The zero-order valence-corrected chi connectivity index (χ0v) is 20.1. The van der Waals surface area contributed by atoms with E-state index in [4.69, 9.17) is 0 Å². The third kappa shape index (κ3) is 4.63. The Kier molecular flexibility index (Phi) is 6.01. The van der Waals surface area contributed by atoms with Crippen molar-refractivity contribution >= 4 is 38.5 Å². The molecule has 182 valence electrons. The third-order valence-corrected chi connectivity index (χ3v) is 7.19. The predicted molar refractivity (Wildman–Crippen MR) is 128 cm³/mol. The lowest BCUT2D eigenvalue weighted by Gasteiger charge is -2.31. The van der Waals surface area contributed by atoms with Crippen LogP contribution < -0.4 is 10.2 Å². The van der Waals surface area contributed by atoms with E-state index in [9.17, 15) is 12.8 Å². The Morgan fingerprint density at radius 3 is 2.51 bits per heavy atom. The van der Waals surface area contributed by atoms with Gasteiger partial charge in [-0.1, -0.05) is 12.1 Å². The van der Waals surface area contributed by atoms with Crippen LogP contribution in [0.3, 0.4) is 0 Å². The van der Waals surface area contributed by atoms with Crippen molar-refractivity contribution in [3.05, 3.63) is 48.3 Å². The number of hydrogen-bond donors (Lipinski definition) is 1. The van der Waals surface area contributed by atoms with E-state index in [-0.39, 0.29) is 22.4 Å². The number of halogens is 1. The number of fused-ring (bicyclic) bond motifs is 1. The van der Waals surface area contributed by atoms with Crippen LogP contribution in [0.5, 0.6) is 0 Å². The van der Waals surface area contributed by atoms with Gasteiger partial charge in [0.2, 0.25) is 5.95 Å². The minimum atomic E-state index is -3.51. The van der Waals surface area contributed by atoms with Crippen LogP contribution in [0.1, 0.15) is 31.4 Å². The molecule has 1 saturated heterocycles. The Hall–Kier alpha value is -3.74. The van der Waals surface area contributed by atoms with E-state index in [0.717, 1.165) is 56.2 Å². The monoisotopic (exact) mass is 497 g/mol. The van der Waals surface area contributed by atoms with E-state index in [1.54, 1.807) is 4.68 Å². The number of anilines is 3. The molecule has 1 N–H and O–H groups in total. The van der Waals surface area contributed by atoms with Gasteiger partial charge in [-0.2, -0.15) is 0 Å². The van der Waals surface area contributed by atoms with Crippen molar-refractivity contribution in [1.29, 1.82) is 0 Å². The van der Waals surface area contributed by atoms with Crippen LogP contribution in [0.15, 0.2) is 41.8 Å². The molecule has 0 aliphatic carbocycles. The maximum atomic E-state index is 14.6. The first kappa shape index (κ1) is 23.0. The first-order valence-corrected chi connectivity index (χ1v) is 13.1. The number of nitrogens with zero attached hydrogens (tertiary/aromatic N) is 8. The van der Waals surface area contributed by atoms with Gasteiger partial charge in [0.1, 0.15) is 12.1 Å². The maximum Gasteiger partial charge on any atom is 0.225 e. The van der Waals surface area contributed by atoms with Crippen molar-refractivity contribution in [1.82, 2.24) is 34.9 Å². The summed E-state index contributed by atoms with van der Waals surface area (Å²) >= 11 is 0. The number of benzene rings is 1. The fourth-order valence-electron chi connectivity index (χ4n) is 4.06. The molecule has 0 spiro atoms. The highest BCUT2D eigenvalue weighted by atomic mass is 32.2. The fourth-order valence-corrected chi connectivity index (χ4v) is 4.69. The molecule has 11 nitrogen and oxygen atoms in total. The van der Waals surface area contributed by atoms with Crippen molar-refractivity contribution in [3.8, 4) is 0 Å². The molecule has 13 heteroatoms. The lowest BCUT2D eigenvalue weighted by molar-refractivity contribution is 0.365. The van der Waals surface area contributed by atoms with Crippen LogP contribution in [0, 0.1) is 5.82 Å². The normalized spacial score (nSPS) is 15.0. The Morgan fingerprint density at radius 2 is 1.86 bits per heavy atom. The second-order valence-corrected chi connectivity index (χ2v) is 10.4. The summed E-state index contributed by atoms with van der Waals surface area (Å²) in [6, 6.07) is 3.75. The lowest BCUT2D eigenvalue weighted by atomic mass is 10.1. The van der Waals surface area contributed by atoms with Gasteiger partial charge in [0, 0.05) is 31.7 Å². The standard InChI is InChI=1S/C22H24FN9O2S/c1-3-14-11-24-22(25-12-14)31-8-6-15(7-9-31)32-21-19(29-30-32)20(26-13-27-21)28-18-5-4-16(10-17(18)23)35(2,33)34/h4-5,10-13,15H,3,6-9H2,1-2H3,(H,26,27,28). The topological polar surface area (TPSA) is 132 Å². The molecule has 0 atom stereocenters. The smallest absolute Gasteiger partial charge is 0.225 e. The van der Waals surface area contributed by atoms with E-state index >= 15 is 0 Å². The first-order chi connectivity index (χ1) is 16.8. The van der Waals surface area contributed by atoms with Crippen molar-refractivity contribution in [2.75, 3.05) is 29.6 Å². The molecule has 3 aromatic heterocycles. The second-order valence-electron chi connectivity index (χ2n) is 8.43. The van der Waals surface area contributed by atoms with Crippen LogP contribution in [0.4, 0.5) is 21.8 Å². The Balaban J connectivity index is 1.34. The summed E-state index contributed by atoms with van der Waals surface area (Å²) in [6.45, 7) is 3.61. The van der Waals surface area contributed by atoms with Crippen molar-refractivity contribution in [2.24, 2.45) is 0 Å². The van der Waals surface area contributed by atoms with Crippen LogP contribution in [-0.4, -0.2) is 62.7 Å². The number of aromatic nitrogens is 7. The average molecular weight is 498 g/mol. The van der Waals surface area contributed by atoms with E-state index in [1.165, 1.54) is 18.5 Å². The Morgan fingerprint density at radius 1 is 1.11 bits per heavy atom. The van der Waals surface area contributed by atoms with Crippen LogP contribution in [-0.2, 0) is 16.3 Å². The molecule has 35 heavy (non-hydrogen) atoms. The zero-order chi connectivity index (χ0) is 24.6. The quantitative estimate of drug-likeness (QED) is 0.424. The molecule has 0 amide bonds. The second kappa shape index (κ2) is 9.13. The number of hydrogen-bond acceptors (Lipinski definition) is 10. The largest absolute Gasteiger partial charge is 0.341 e. The summed E-state index contributed by atoms with van der Waals surface area (Å²) in [5, 5.41) is 11.4. The fraction of sp³-hybridized carbons (Fsp3) is 0.364. The first-order valence-electron chi connectivity index (χ1n) is 11.2. The summed E-state index contributed by atoms with van der Waals surface area (Å²) in [7, 11) is -3.51. The highest BCUT2D eigenvalue weighted by molar-refractivity contribution is 7.90. The van der Waals surface area contributed by atoms with Gasteiger partial charge in [-0.05, 0) is 43.0 Å². The van der Waals surface area contributed by atoms with Crippen LogP contribution in [0.25, 0.3) is 11.2 Å². The minimum absolute atomic E-state index is 0.0781. The summed E-state index contributed by atoms with van der Waals surface area (Å²) in [6.07, 6.45) is 8.65. The van der Waals surface area contributed by atoms with E-state index < -0.39 is 15.7 Å². The minimum Gasteiger partial charge on any atom is -0.341 e. The van der Waals surface area contributed by atoms with Gasteiger partial charge in [0.25, 0.3) is 0 Å². The Bertz CT molecular complexity index is 1470. The number of rotatable bonds is 6. The average Bonchev–Trinajstić information content (AvgIpc) is 3.30. The molecule has 4 aromatic rings. The van der Waals surface area contributed by atoms with Crippen LogP contribution in [0.2, 0.25) is 0 Å². The molecule has 1 aromatic carbocycles. The molecule has 0 radical (unpaired) electrons. The van der Waals surface area contributed by atoms with Crippen molar-refractivity contribution in [3.63, 3.8) is 0 Å². The number of piperidine rings is 1. The van der Waals surface area contributed by atoms with Crippen molar-refractivity contribution in [2.45, 2.75) is 37.1 Å². The summed E-state index contributed by atoms with van der Waals surface area (Å²) in [5.74, 6) is 0.296. The van der Waals surface area contributed by atoms with Gasteiger partial charge >= 0.3 is 0 Å². The molecule has 5 rings (SSSR count). The van der Waals surface area contributed by atoms with Gasteiger partial charge in [-0.3, -0.25) is 0 Å². The number of aryl methyl sites for hydroxylation is 1. The van der Waals surface area contributed by atoms with Gasteiger partial charge in [-0.25, -0.2) is 37.4 Å². The maximum absolute atomic E-state index is 14.6. The highest BCUT2D eigenvalue weighted by Crippen LogP contribution is 2.29. The van der Waals surface area contributed by atoms with Crippen molar-refractivity contribution < 1.29 is 12.8 Å². The van der Waals surface area contributed by atoms with E-state index in [0.29, 0.717) is 11.2 Å². The molecular weight excluding hydrogens is 473 g/mol. The van der Waals surface area contributed by atoms with Gasteiger partial charge in [-0.15, -0.1) is 5.10 Å². The molecule has 1 aliphatic heterocycles. The summed E-state index contributed by atoms with van der Waals surface area (Å²) < 4.78 is 39.7. The molecule has 0 unspecified atom stereocenters. The summed E-state index contributed by atoms with van der Waals surface area (Å²) in [4.78, 5) is 19.6. The van der Waals surface area contributed by atoms with Crippen LogP contribution >= 0.6 is 0 Å². The lowest BCUT2D eigenvalue weighted by Crippen LogP contribution is -2.36. The molecular formula is C22H24FN9O2S. The molecule has 0 saturated carbocycles. The molecule has 0 bridgehead atoms. The number of nitrogens with one attached hydrogen (secondary N) is 1. The zero-order valence-electron chi connectivity index (χ0n) is 19.3. The van der Waals surface area contributed by atoms with Gasteiger partial charge in [0.05, 0.1) is 16.6 Å². The summed E-state index contributed by atoms with van der Waals surface area (Å²) in [5.41, 5.74) is 2.13. The SMILES string of the molecule is CCc1cnc(N2CCC(n3nnc4c(Nc5ccc(S(C)(=O)=O)cc5F)ncnc43)CC2)nc1. The van der Waals surface area contributed by atoms with Gasteiger partial charge in [0.15, 0.2) is 26.8 Å². The highest BCUT2D eigenvalue weighted by Gasteiger charge is 2.26. The van der Waals surface area contributed by atoms with E-state index in [1.807, 2.05) is 12.4 Å².